The van der Waals surface area contributed by atoms with Crippen LogP contribution in [-0.4, -0.2) is 61.9 Å². The van der Waals surface area contributed by atoms with Crippen LogP contribution in [0.5, 0.6) is 0 Å². The summed E-state index contributed by atoms with van der Waals surface area (Å²) in [6.07, 6.45) is 1.00. The summed E-state index contributed by atoms with van der Waals surface area (Å²) in [6, 6.07) is 0.320. The van der Waals surface area contributed by atoms with E-state index < -0.39 is 0 Å². The van der Waals surface area contributed by atoms with Gasteiger partial charge in [-0.15, -0.1) is 24.0 Å². The van der Waals surface area contributed by atoms with Gasteiger partial charge in [-0.3, -0.25) is 4.79 Å². The van der Waals surface area contributed by atoms with E-state index >= 15 is 0 Å². The first-order valence-electron chi connectivity index (χ1n) is 6.64. The molecule has 0 aliphatic carbocycles. The molecule has 0 bridgehead atoms. The van der Waals surface area contributed by atoms with Gasteiger partial charge in [0.05, 0.1) is 0 Å². The Kier molecular flexibility index (Phi) is 11.8. The second-order valence-corrected chi connectivity index (χ2v) is 5.19. The monoisotopic (exact) mass is 396 g/mol. The summed E-state index contributed by atoms with van der Waals surface area (Å²) >= 11 is 0. The lowest BCUT2D eigenvalue weighted by Crippen LogP contribution is -2.44. The van der Waals surface area contributed by atoms with Gasteiger partial charge in [0.2, 0.25) is 5.91 Å². The Balaban J connectivity index is 0. The normalized spacial score (nSPS) is 12.2. The molecule has 1 amide bonds. The fourth-order valence-electron chi connectivity index (χ4n) is 1.36. The fourth-order valence-corrected chi connectivity index (χ4v) is 1.36. The number of nitrogens with one attached hydrogen (secondary N) is 1. The highest BCUT2D eigenvalue weighted by molar-refractivity contribution is 14.0. The second kappa shape index (κ2) is 10.9. The summed E-state index contributed by atoms with van der Waals surface area (Å²) in [5.41, 5.74) is 1.06. The number of nitrogens with zero attached hydrogens (tertiary/aromatic N) is 3. The third-order valence-electron chi connectivity index (χ3n) is 2.72. The van der Waals surface area contributed by atoms with Crippen molar-refractivity contribution in [1.82, 2.24) is 15.1 Å². The summed E-state index contributed by atoms with van der Waals surface area (Å²) in [7, 11) is 5.41. The third kappa shape index (κ3) is 9.17. The van der Waals surface area contributed by atoms with Crippen molar-refractivity contribution in [3.63, 3.8) is 0 Å². The standard InChI is InChI=1S/C14H28N4O.HI/c1-8-12(4)16-14(18(7)10-11(2)3)15-9-13(19)17(5)6;/h12H,2,8-10H2,1,3-7H3,(H,15,16);1H. The molecule has 20 heavy (non-hydrogen) atoms. The molecule has 0 aromatic rings. The Morgan fingerprint density at radius 2 is 1.90 bits per heavy atom. The Morgan fingerprint density at radius 3 is 2.30 bits per heavy atom. The molecule has 0 aromatic carbocycles. The molecular weight excluding hydrogens is 367 g/mol. The molecule has 0 aliphatic rings. The maximum atomic E-state index is 11.6. The van der Waals surface area contributed by atoms with E-state index in [1.165, 1.54) is 0 Å². The molecule has 1 unspecified atom stereocenters. The average Bonchev–Trinajstić information content (AvgIpc) is 2.32. The van der Waals surface area contributed by atoms with Crippen LogP contribution in [0.25, 0.3) is 0 Å². The number of hydrogen-bond acceptors (Lipinski definition) is 2. The van der Waals surface area contributed by atoms with Crippen LogP contribution in [0.2, 0.25) is 0 Å². The van der Waals surface area contributed by atoms with Crippen LogP contribution in [0.3, 0.4) is 0 Å². The number of likely N-dealkylation sites (N-methyl/N-ethyl adjacent to an activating group) is 2. The van der Waals surface area contributed by atoms with Gasteiger partial charge in [-0.25, -0.2) is 4.99 Å². The fraction of sp³-hybridized carbons (Fsp3) is 0.714. The van der Waals surface area contributed by atoms with Crippen LogP contribution >= 0.6 is 24.0 Å². The number of hydrogen-bond donors (Lipinski definition) is 1. The zero-order valence-corrected chi connectivity index (χ0v) is 15.9. The predicted molar refractivity (Wildman–Crippen MR) is 96.7 cm³/mol. The molecule has 0 aliphatic heterocycles. The maximum absolute atomic E-state index is 11.6. The van der Waals surface area contributed by atoms with Crippen LogP contribution in [0.4, 0.5) is 0 Å². The SMILES string of the molecule is C=C(C)CN(C)C(=NCC(=O)N(C)C)NC(C)CC.I. The molecule has 6 heteroatoms. The van der Waals surface area contributed by atoms with Gasteiger partial charge in [0.25, 0.3) is 0 Å². The highest BCUT2D eigenvalue weighted by Gasteiger charge is 2.11. The predicted octanol–water partition coefficient (Wildman–Crippen LogP) is 1.94. The Bertz CT molecular complexity index is 342. The lowest BCUT2D eigenvalue weighted by molar-refractivity contribution is -0.127. The van der Waals surface area contributed by atoms with Crippen LogP contribution in [-0.2, 0) is 4.79 Å². The first-order valence-corrected chi connectivity index (χ1v) is 6.64. The highest BCUT2D eigenvalue weighted by atomic mass is 127. The molecular formula is C14H29IN4O. The van der Waals surface area contributed by atoms with Crippen molar-refractivity contribution in [3.05, 3.63) is 12.2 Å². The zero-order chi connectivity index (χ0) is 15.0. The minimum Gasteiger partial charge on any atom is -0.354 e. The first-order chi connectivity index (χ1) is 8.77. The van der Waals surface area contributed by atoms with E-state index in [2.05, 4.69) is 30.7 Å². The lowest BCUT2D eigenvalue weighted by atomic mass is 10.2. The number of halogens is 1. The van der Waals surface area contributed by atoms with Crippen molar-refractivity contribution < 1.29 is 4.79 Å². The van der Waals surface area contributed by atoms with Crippen molar-refractivity contribution in [2.45, 2.75) is 33.2 Å². The molecule has 1 atom stereocenters. The summed E-state index contributed by atoms with van der Waals surface area (Å²) in [6.45, 7) is 11.0. The Hall–Kier alpha value is -0.790. The number of aliphatic imine (C=N–C) groups is 1. The molecule has 118 valence electrons. The topological polar surface area (TPSA) is 47.9 Å². The van der Waals surface area contributed by atoms with Gasteiger partial charge >= 0.3 is 0 Å². The summed E-state index contributed by atoms with van der Waals surface area (Å²) in [5.74, 6) is 0.736. The lowest BCUT2D eigenvalue weighted by Gasteiger charge is -2.25. The summed E-state index contributed by atoms with van der Waals surface area (Å²) < 4.78 is 0. The van der Waals surface area contributed by atoms with Crippen LogP contribution in [0.1, 0.15) is 27.2 Å². The largest absolute Gasteiger partial charge is 0.354 e. The minimum atomic E-state index is -0.00724. The molecule has 0 aromatic heterocycles. The van der Waals surface area contributed by atoms with Crippen molar-refractivity contribution in [1.29, 1.82) is 0 Å². The molecule has 0 heterocycles. The van der Waals surface area contributed by atoms with Crippen molar-refractivity contribution in [3.8, 4) is 0 Å². The molecule has 1 N–H and O–H groups in total. The summed E-state index contributed by atoms with van der Waals surface area (Å²) in [5, 5.41) is 3.33. The van der Waals surface area contributed by atoms with Crippen LogP contribution in [0, 0.1) is 0 Å². The highest BCUT2D eigenvalue weighted by Crippen LogP contribution is 1.97. The van der Waals surface area contributed by atoms with Gasteiger partial charge in [-0.1, -0.05) is 19.1 Å². The second-order valence-electron chi connectivity index (χ2n) is 5.19. The number of rotatable bonds is 6. The van der Waals surface area contributed by atoms with E-state index in [1.807, 2.05) is 18.9 Å². The van der Waals surface area contributed by atoms with Gasteiger partial charge in [-0.2, -0.15) is 0 Å². The van der Waals surface area contributed by atoms with Crippen molar-refractivity contribution in [2.75, 3.05) is 34.2 Å². The number of carbonyl (C=O) groups is 1. The van der Waals surface area contributed by atoms with Gasteiger partial charge in [-0.05, 0) is 20.3 Å². The molecule has 0 spiro atoms. The quantitative estimate of drug-likeness (QED) is 0.323. The van der Waals surface area contributed by atoms with Gasteiger partial charge < -0.3 is 15.1 Å². The first kappa shape index (κ1) is 21.5. The number of guanidine groups is 1. The molecule has 0 saturated heterocycles. The van der Waals surface area contributed by atoms with Crippen molar-refractivity contribution in [2.24, 2.45) is 4.99 Å². The van der Waals surface area contributed by atoms with Gasteiger partial charge in [0.15, 0.2) is 5.96 Å². The van der Waals surface area contributed by atoms with Crippen molar-refractivity contribution >= 4 is 35.8 Å². The smallest absolute Gasteiger partial charge is 0.243 e. The Morgan fingerprint density at radius 1 is 1.35 bits per heavy atom. The van der Waals surface area contributed by atoms with E-state index in [-0.39, 0.29) is 36.4 Å². The molecule has 5 nitrogen and oxygen atoms in total. The van der Waals surface area contributed by atoms with Gasteiger partial charge in [0.1, 0.15) is 6.54 Å². The molecule has 0 rings (SSSR count). The van der Waals surface area contributed by atoms with E-state index in [1.54, 1.807) is 19.0 Å². The number of carbonyl (C=O) groups excluding carboxylic acids is 1. The Labute approximate surface area is 140 Å². The van der Waals surface area contributed by atoms with Gasteiger partial charge in [0, 0.05) is 33.7 Å². The third-order valence-corrected chi connectivity index (χ3v) is 2.72. The number of amides is 1. The van der Waals surface area contributed by atoms with E-state index in [0.29, 0.717) is 6.04 Å². The maximum Gasteiger partial charge on any atom is 0.243 e. The average molecular weight is 396 g/mol. The molecule has 0 fully saturated rings. The zero-order valence-electron chi connectivity index (χ0n) is 13.6. The summed E-state index contributed by atoms with van der Waals surface area (Å²) in [4.78, 5) is 19.5. The van der Waals surface area contributed by atoms with E-state index in [4.69, 9.17) is 0 Å². The van der Waals surface area contributed by atoms with Crippen LogP contribution < -0.4 is 5.32 Å². The molecule has 0 radical (unpaired) electrons. The molecule has 0 saturated carbocycles. The van der Waals surface area contributed by atoms with E-state index in [0.717, 1.165) is 24.5 Å². The van der Waals surface area contributed by atoms with E-state index in [9.17, 15) is 4.79 Å². The van der Waals surface area contributed by atoms with Crippen LogP contribution in [0.15, 0.2) is 17.1 Å². The minimum absolute atomic E-state index is 0.